The summed E-state index contributed by atoms with van der Waals surface area (Å²) in [5.41, 5.74) is 0.164. The van der Waals surface area contributed by atoms with Crippen LogP contribution in [0.25, 0.3) is 10.2 Å². The highest BCUT2D eigenvalue weighted by molar-refractivity contribution is 7.20. The number of carboxylic acids is 1. The Morgan fingerprint density at radius 2 is 2.05 bits per heavy atom. The average molecular weight is 302 g/mol. The minimum absolute atomic E-state index is 0.142. The van der Waals surface area contributed by atoms with Crippen molar-refractivity contribution in [2.75, 3.05) is 0 Å². The fourth-order valence-corrected chi connectivity index (χ4v) is 3.02. The van der Waals surface area contributed by atoms with E-state index in [1.54, 1.807) is 25.4 Å². The Hall–Kier alpha value is -2.61. The number of thiophene rings is 1. The SMILES string of the molecule is Cc1c(C(=O)O)sc2ncn(Cc3ncccn3)c(=O)c12. The van der Waals surface area contributed by atoms with Crippen molar-refractivity contribution < 1.29 is 9.90 Å². The Bertz CT molecular complexity index is 886. The van der Waals surface area contributed by atoms with Crippen LogP contribution in [0, 0.1) is 6.92 Å². The molecule has 0 aliphatic rings. The van der Waals surface area contributed by atoms with E-state index in [1.165, 1.54) is 10.9 Å². The van der Waals surface area contributed by atoms with E-state index in [0.717, 1.165) is 11.3 Å². The Morgan fingerprint density at radius 1 is 1.33 bits per heavy atom. The molecule has 3 rings (SSSR count). The third kappa shape index (κ3) is 2.29. The second-order valence-corrected chi connectivity index (χ2v) is 5.38. The van der Waals surface area contributed by atoms with Crippen molar-refractivity contribution in [2.24, 2.45) is 0 Å². The van der Waals surface area contributed by atoms with E-state index in [2.05, 4.69) is 15.0 Å². The van der Waals surface area contributed by atoms with Crippen molar-refractivity contribution >= 4 is 27.5 Å². The molecule has 21 heavy (non-hydrogen) atoms. The molecule has 0 aliphatic heterocycles. The second kappa shape index (κ2) is 5.06. The lowest BCUT2D eigenvalue weighted by Crippen LogP contribution is -2.22. The summed E-state index contributed by atoms with van der Waals surface area (Å²) in [5.74, 6) is -0.556. The molecule has 106 valence electrons. The van der Waals surface area contributed by atoms with Crippen LogP contribution in [0.4, 0.5) is 0 Å². The van der Waals surface area contributed by atoms with E-state index >= 15 is 0 Å². The van der Waals surface area contributed by atoms with Crippen LogP contribution in [0.1, 0.15) is 21.1 Å². The van der Waals surface area contributed by atoms with Gasteiger partial charge in [-0.2, -0.15) is 0 Å². The zero-order valence-electron chi connectivity index (χ0n) is 11.0. The molecule has 0 atom stereocenters. The van der Waals surface area contributed by atoms with Gasteiger partial charge in [-0.15, -0.1) is 11.3 Å². The topological polar surface area (TPSA) is 98.0 Å². The first-order valence-electron chi connectivity index (χ1n) is 6.05. The van der Waals surface area contributed by atoms with Crippen LogP contribution in [-0.2, 0) is 6.54 Å². The van der Waals surface area contributed by atoms with Crippen molar-refractivity contribution in [1.29, 1.82) is 0 Å². The van der Waals surface area contributed by atoms with E-state index in [9.17, 15) is 9.59 Å². The van der Waals surface area contributed by atoms with Crippen molar-refractivity contribution in [3.05, 3.63) is 51.4 Å². The van der Waals surface area contributed by atoms with Gasteiger partial charge in [0.1, 0.15) is 15.5 Å². The zero-order valence-corrected chi connectivity index (χ0v) is 11.8. The number of aromatic nitrogens is 4. The van der Waals surface area contributed by atoms with Crippen molar-refractivity contribution in [1.82, 2.24) is 19.5 Å². The zero-order chi connectivity index (χ0) is 15.0. The average Bonchev–Trinajstić information content (AvgIpc) is 2.81. The van der Waals surface area contributed by atoms with Crippen LogP contribution in [-0.4, -0.2) is 30.6 Å². The molecule has 0 bridgehead atoms. The maximum atomic E-state index is 12.5. The van der Waals surface area contributed by atoms with Gasteiger partial charge in [0.05, 0.1) is 18.3 Å². The molecule has 0 amide bonds. The van der Waals surface area contributed by atoms with Crippen molar-refractivity contribution in [3.63, 3.8) is 0 Å². The summed E-state index contributed by atoms with van der Waals surface area (Å²) in [6.45, 7) is 1.81. The second-order valence-electron chi connectivity index (χ2n) is 4.38. The van der Waals surface area contributed by atoms with Crippen LogP contribution in [0.15, 0.2) is 29.6 Å². The molecule has 3 heterocycles. The summed E-state index contributed by atoms with van der Waals surface area (Å²) < 4.78 is 1.38. The molecule has 0 radical (unpaired) electrons. The lowest BCUT2D eigenvalue weighted by molar-refractivity contribution is 0.0701. The van der Waals surface area contributed by atoms with Crippen LogP contribution in [0.2, 0.25) is 0 Å². The van der Waals surface area contributed by atoms with Gasteiger partial charge in [0, 0.05) is 12.4 Å². The maximum Gasteiger partial charge on any atom is 0.346 e. The number of carboxylic acid groups (broad SMARTS) is 1. The van der Waals surface area contributed by atoms with E-state index in [0.29, 0.717) is 21.6 Å². The molecule has 0 fully saturated rings. The number of nitrogens with zero attached hydrogens (tertiary/aromatic N) is 4. The number of hydrogen-bond acceptors (Lipinski definition) is 6. The molecule has 0 saturated carbocycles. The van der Waals surface area contributed by atoms with E-state index in [4.69, 9.17) is 5.11 Å². The molecular weight excluding hydrogens is 292 g/mol. The molecule has 3 aromatic rings. The van der Waals surface area contributed by atoms with Crippen LogP contribution < -0.4 is 5.56 Å². The first-order chi connectivity index (χ1) is 10.1. The van der Waals surface area contributed by atoms with Crippen LogP contribution >= 0.6 is 11.3 Å². The normalized spacial score (nSPS) is 10.9. The predicted molar refractivity (Wildman–Crippen MR) is 76.7 cm³/mol. The van der Waals surface area contributed by atoms with Gasteiger partial charge in [-0.3, -0.25) is 9.36 Å². The Balaban J connectivity index is 2.14. The molecule has 0 aromatic carbocycles. The molecule has 3 aromatic heterocycles. The smallest absolute Gasteiger partial charge is 0.346 e. The third-order valence-electron chi connectivity index (χ3n) is 3.04. The largest absolute Gasteiger partial charge is 0.477 e. The van der Waals surface area contributed by atoms with Gasteiger partial charge in [0.2, 0.25) is 0 Å². The number of carbonyl (C=O) groups is 1. The van der Waals surface area contributed by atoms with Gasteiger partial charge in [0.15, 0.2) is 0 Å². The number of aryl methyl sites for hydroxylation is 1. The van der Waals surface area contributed by atoms with Crippen molar-refractivity contribution in [3.8, 4) is 0 Å². The van der Waals surface area contributed by atoms with Crippen LogP contribution in [0.5, 0.6) is 0 Å². The van der Waals surface area contributed by atoms with E-state index in [-0.39, 0.29) is 17.0 Å². The summed E-state index contributed by atoms with van der Waals surface area (Å²) >= 11 is 1.01. The maximum absolute atomic E-state index is 12.5. The lowest BCUT2D eigenvalue weighted by Gasteiger charge is -2.03. The summed E-state index contributed by atoms with van der Waals surface area (Å²) in [5, 5.41) is 9.46. The predicted octanol–water partition coefficient (Wildman–Crippen LogP) is 1.30. The lowest BCUT2D eigenvalue weighted by atomic mass is 10.2. The molecule has 0 spiro atoms. The van der Waals surface area contributed by atoms with Gasteiger partial charge in [-0.05, 0) is 18.6 Å². The number of aromatic carboxylic acids is 1. The highest BCUT2D eigenvalue weighted by atomic mass is 32.1. The van der Waals surface area contributed by atoms with Crippen LogP contribution in [0.3, 0.4) is 0 Å². The molecule has 0 unspecified atom stereocenters. The molecule has 1 N–H and O–H groups in total. The quantitative estimate of drug-likeness (QED) is 0.783. The molecule has 0 aliphatic carbocycles. The monoisotopic (exact) mass is 302 g/mol. The van der Waals surface area contributed by atoms with Gasteiger partial charge in [-0.1, -0.05) is 0 Å². The number of hydrogen-bond donors (Lipinski definition) is 1. The van der Waals surface area contributed by atoms with Gasteiger partial charge in [-0.25, -0.2) is 19.7 Å². The molecular formula is C13H10N4O3S. The molecule has 8 heteroatoms. The Kier molecular flexibility index (Phi) is 3.22. The number of fused-ring (bicyclic) bond motifs is 1. The fourth-order valence-electron chi connectivity index (χ4n) is 2.04. The van der Waals surface area contributed by atoms with Gasteiger partial charge < -0.3 is 5.11 Å². The highest BCUT2D eigenvalue weighted by Gasteiger charge is 2.18. The summed E-state index contributed by atoms with van der Waals surface area (Å²) in [7, 11) is 0. The first kappa shape index (κ1) is 13.4. The van der Waals surface area contributed by atoms with E-state index in [1.807, 2.05) is 0 Å². The minimum Gasteiger partial charge on any atom is -0.477 e. The summed E-state index contributed by atoms with van der Waals surface area (Å²) in [4.78, 5) is 36.5. The Labute approximate surface area is 122 Å². The Morgan fingerprint density at radius 3 is 2.71 bits per heavy atom. The third-order valence-corrected chi connectivity index (χ3v) is 4.23. The highest BCUT2D eigenvalue weighted by Crippen LogP contribution is 2.26. The van der Waals surface area contributed by atoms with Gasteiger partial charge in [0.25, 0.3) is 5.56 Å². The summed E-state index contributed by atoms with van der Waals surface area (Å²) in [6.07, 6.45) is 4.58. The van der Waals surface area contributed by atoms with E-state index < -0.39 is 5.97 Å². The van der Waals surface area contributed by atoms with Crippen molar-refractivity contribution in [2.45, 2.75) is 13.5 Å². The molecule has 0 saturated heterocycles. The summed E-state index contributed by atoms with van der Waals surface area (Å²) in [6, 6.07) is 1.69. The standard InChI is InChI=1S/C13H10N4O3S/c1-7-9-11(21-10(7)13(19)20)16-6-17(12(9)18)5-8-14-3-2-4-15-8/h2-4,6H,5H2,1H3,(H,19,20). The number of rotatable bonds is 3. The fraction of sp³-hybridized carbons (Fsp3) is 0.154. The molecule has 7 nitrogen and oxygen atoms in total. The van der Waals surface area contributed by atoms with Gasteiger partial charge >= 0.3 is 5.97 Å². The minimum atomic E-state index is -1.05. The first-order valence-corrected chi connectivity index (χ1v) is 6.87.